The molecule has 3 aromatic rings. The number of nitrogens with one attached hydrogen (secondary N) is 1. The van der Waals surface area contributed by atoms with E-state index < -0.39 is 0 Å². The van der Waals surface area contributed by atoms with E-state index in [4.69, 9.17) is 0 Å². The van der Waals surface area contributed by atoms with Crippen LogP contribution in [-0.4, -0.2) is 5.91 Å². The predicted octanol–water partition coefficient (Wildman–Crippen LogP) is 5.88. The topological polar surface area (TPSA) is 29.1 Å². The Morgan fingerprint density at radius 2 is 1.30 bits per heavy atom. The third kappa shape index (κ3) is 5.18. The van der Waals surface area contributed by atoms with Crippen LogP contribution in [0.15, 0.2) is 91.0 Å². The van der Waals surface area contributed by atoms with E-state index in [1.165, 1.54) is 0 Å². The fourth-order valence-electron chi connectivity index (χ4n) is 2.91. The van der Waals surface area contributed by atoms with E-state index in [9.17, 15) is 4.79 Å². The predicted molar refractivity (Wildman–Crippen MR) is 113 cm³/mol. The summed E-state index contributed by atoms with van der Waals surface area (Å²) in [7, 11) is 0. The summed E-state index contributed by atoms with van der Waals surface area (Å²) in [5.41, 5.74) is 3.89. The summed E-state index contributed by atoms with van der Waals surface area (Å²) >= 11 is 0. The summed E-state index contributed by atoms with van der Waals surface area (Å²) < 4.78 is 0. The molecule has 1 N–H and O–H groups in total. The molecule has 2 heteroatoms. The Labute approximate surface area is 161 Å². The second-order valence-corrected chi connectivity index (χ2v) is 6.95. The van der Waals surface area contributed by atoms with Crippen molar-refractivity contribution in [3.63, 3.8) is 0 Å². The Morgan fingerprint density at radius 1 is 0.778 bits per heavy atom. The van der Waals surface area contributed by atoms with Gasteiger partial charge in [-0.05, 0) is 34.7 Å². The molecule has 0 heterocycles. The first-order valence-electron chi connectivity index (χ1n) is 9.32. The summed E-state index contributed by atoms with van der Waals surface area (Å²) in [5.74, 6) is 0.428. The smallest absolute Gasteiger partial charge is 0.252 e. The number of carbonyl (C=O) groups is 1. The minimum absolute atomic E-state index is 0.0768. The minimum atomic E-state index is -0.180. The van der Waals surface area contributed by atoms with Gasteiger partial charge in [0, 0.05) is 5.56 Å². The Morgan fingerprint density at radius 3 is 1.78 bits per heavy atom. The van der Waals surface area contributed by atoms with Crippen LogP contribution in [-0.2, 0) is 0 Å². The molecule has 136 valence electrons. The van der Waals surface area contributed by atoms with E-state index in [1.807, 2.05) is 84.9 Å². The first-order chi connectivity index (χ1) is 13.1. The van der Waals surface area contributed by atoms with E-state index in [1.54, 1.807) is 0 Å². The molecule has 0 spiro atoms. The van der Waals surface area contributed by atoms with Crippen molar-refractivity contribution in [3.05, 3.63) is 113 Å². The van der Waals surface area contributed by atoms with E-state index in [0.717, 1.165) is 16.7 Å². The first kappa shape index (κ1) is 18.7. The Kier molecular flexibility index (Phi) is 6.22. The van der Waals surface area contributed by atoms with Gasteiger partial charge in [-0.3, -0.25) is 4.79 Å². The van der Waals surface area contributed by atoms with Crippen LogP contribution in [0.2, 0.25) is 0 Å². The van der Waals surface area contributed by atoms with Gasteiger partial charge in [0.15, 0.2) is 0 Å². The number of amides is 1. The second kappa shape index (κ2) is 9.00. The number of benzene rings is 3. The molecule has 2 nitrogen and oxygen atoms in total. The molecular weight excluding hydrogens is 330 g/mol. The lowest BCUT2D eigenvalue weighted by atomic mass is 9.98. The van der Waals surface area contributed by atoms with Gasteiger partial charge in [0.1, 0.15) is 0 Å². The summed E-state index contributed by atoms with van der Waals surface area (Å²) in [4.78, 5) is 12.9. The average molecular weight is 355 g/mol. The van der Waals surface area contributed by atoms with Crippen LogP contribution in [0.25, 0.3) is 6.08 Å². The number of hydrogen-bond donors (Lipinski definition) is 1. The molecule has 0 aromatic heterocycles. The normalized spacial score (nSPS) is 11.3. The standard InChI is InChI=1S/C25H25NO/c1-19(2)13-14-20-15-17-23(18-16-20)25(27)26-24(21-9-5-3-6-10-21)22-11-7-4-8-12-22/h3-19,24H,1-2H3,(H,26,27)/b14-13+. The maximum absolute atomic E-state index is 12.9. The third-order valence-corrected chi connectivity index (χ3v) is 4.39. The highest BCUT2D eigenvalue weighted by molar-refractivity contribution is 5.94. The van der Waals surface area contributed by atoms with Crippen LogP contribution in [0, 0.1) is 5.92 Å². The lowest BCUT2D eigenvalue weighted by Crippen LogP contribution is -2.29. The van der Waals surface area contributed by atoms with Gasteiger partial charge in [-0.1, -0.05) is 98.8 Å². The third-order valence-electron chi connectivity index (χ3n) is 4.39. The molecule has 0 aliphatic rings. The Hall–Kier alpha value is -3.13. The van der Waals surface area contributed by atoms with Crippen LogP contribution < -0.4 is 5.32 Å². The molecular formula is C25H25NO. The molecule has 0 saturated heterocycles. The molecule has 0 aliphatic heterocycles. The van der Waals surface area contributed by atoms with E-state index >= 15 is 0 Å². The van der Waals surface area contributed by atoms with Gasteiger partial charge < -0.3 is 5.32 Å². The van der Waals surface area contributed by atoms with Gasteiger partial charge in [0.05, 0.1) is 6.04 Å². The molecule has 0 radical (unpaired) electrons. The molecule has 1 amide bonds. The lowest BCUT2D eigenvalue weighted by molar-refractivity contribution is 0.0943. The monoisotopic (exact) mass is 355 g/mol. The average Bonchev–Trinajstić information content (AvgIpc) is 2.72. The zero-order valence-corrected chi connectivity index (χ0v) is 15.8. The zero-order valence-electron chi connectivity index (χ0n) is 15.8. The van der Waals surface area contributed by atoms with Gasteiger partial charge >= 0.3 is 0 Å². The number of carbonyl (C=O) groups excluding carboxylic acids is 1. The number of hydrogen-bond acceptors (Lipinski definition) is 1. The molecule has 3 rings (SSSR count). The largest absolute Gasteiger partial charge is 0.341 e. The molecule has 0 saturated carbocycles. The molecule has 3 aromatic carbocycles. The van der Waals surface area contributed by atoms with Crippen LogP contribution in [0.5, 0.6) is 0 Å². The summed E-state index contributed by atoms with van der Waals surface area (Å²) in [5, 5.41) is 3.18. The van der Waals surface area contributed by atoms with Gasteiger partial charge in [-0.25, -0.2) is 0 Å². The molecule has 0 aliphatic carbocycles. The van der Waals surface area contributed by atoms with Crippen molar-refractivity contribution in [1.82, 2.24) is 5.32 Å². The van der Waals surface area contributed by atoms with Crippen molar-refractivity contribution in [2.75, 3.05) is 0 Å². The number of rotatable bonds is 6. The van der Waals surface area contributed by atoms with Crippen LogP contribution in [0.4, 0.5) is 0 Å². The van der Waals surface area contributed by atoms with Crippen LogP contribution in [0.1, 0.15) is 46.9 Å². The van der Waals surface area contributed by atoms with Gasteiger partial charge in [-0.15, -0.1) is 0 Å². The lowest BCUT2D eigenvalue weighted by Gasteiger charge is -2.20. The highest BCUT2D eigenvalue weighted by Gasteiger charge is 2.17. The SMILES string of the molecule is CC(C)/C=C/c1ccc(C(=O)NC(c2ccccc2)c2ccccc2)cc1. The van der Waals surface area contributed by atoms with Crippen molar-refractivity contribution in [2.45, 2.75) is 19.9 Å². The Balaban J connectivity index is 1.81. The summed E-state index contributed by atoms with van der Waals surface area (Å²) in [6.07, 6.45) is 4.24. The first-order valence-corrected chi connectivity index (χ1v) is 9.32. The highest BCUT2D eigenvalue weighted by Crippen LogP contribution is 2.22. The van der Waals surface area contributed by atoms with Gasteiger partial charge in [-0.2, -0.15) is 0 Å². The quantitative estimate of drug-likeness (QED) is 0.588. The van der Waals surface area contributed by atoms with Crippen LogP contribution >= 0.6 is 0 Å². The van der Waals surface area contributed by atoms with Crippen molar-refractivity contribution in [2.24, 2.45) is 5.92 Å². The maximum atomic E-state index is 12.9. The van der Waals surface area contributed by atoms with E-state index in [0.29, 0.717) is 11.5 Å². The number of allylic oxidation sites excluding steroid dienone is 1. The van der Waals surface area contributed by atoms with Gasteiger partial charge in [0.2, 0.25) is 0 Å². The maximum Gasteiger partial charge on any atom is 0.252 e. The molecule has 0 fully saturated rings. The Bertz CT molecular complexity index is 841. The van der Waals surface area contributed by atoms with Crippen molar-refractivity contribution >= 4 is 12.0 Å². The van der Waals surface area contributed by atoms with E-state index in [2.05, 4.69) is 31.3 Å². The highest BCUT2D eigenvalue weighted by atomic mass is 16.1. The van der Waals surface area contributed by atoms with Crippen molar-refractivity contribution in [3.8, 4) is 0 Å². The molecule has 0 unspecified atom stereocenters. The molecule has 27 heavy (non-hydrogen) atoms. The zero-order chi connectivity index (χ0) is 19.1. The fourth-order valence-corrected chi connectivity index (χ4v) is 2.91. The van der Waals surface area contributed by atoms with Gasteiger partial charge in [0.25, 0.3) is 5.91 Å². The second-order valence-electron chi connectivity index (χ2n) is 6.95. The van der Waals surface area contributed by atoms with Crippen molar-refractivity contribution in [1.29, 1.82) is 0 Å². The molecule has 0 bridgehead atoms. The molecule has 0 atom stereocenters. The summed E-state index contributed by atoms with van der Waals surface area (Å²) in [6.45, 7) is 4.29. The fraction of sp³-hybridized carbons (Fsp3) is 0.160. The summed E-state index contributed by atoms with van der Waals surface area (Å²) in [6, 6.07) is 27.6. The van der Waals surface area contributed by atoms with Crippen molar-refractivity contribution < 1.29 is 4.79 Å². The minimum Gasteiger partial charge on any atom is -0.341 e. The van der Waals surface area contributed by atoms with Crippen LogP contribution in [0.3, 0.4) is 0 Å². The van der Waals surface area contributed by atoms with E-state index in [-0.39, 0.29) is 11.9 Å².